The average molecular weight is 302 g/mol. The maximum Gasteiger partial charge on any atom is 0.256 e. The van der Waals surface area contributed by atoms with Gasteiger partial charge in [-0.25, -0.2) is 0 Å². The minimum atomic E-state index is -0.127. The summed E-state index contributed by atoms with van der Waals surface area (Å²) in [7, 11) is 0. The van der Waals surface area contributed by atoms with Gasteiger partial charge in [0.1, 0.15) is 5.75 Å². The maximum absolute atomic E-state index is 11.9. The predicted octanol–water partition coefficient (Wildman–Crippen LogP) is 3.90. The largest absolute Gasteiger partial charge is 0.508 e. The van der Waals surface area contributed by atoms with E-state index in [2.05, 4.69) is 30.6 Å². The van der Waals surface area contributed by atoms with E-state index in [9.17, 15) is 9.90 Å². The highest BCUT2D eigenvalue weighted by atomic mass is 16.3. The van der Waals surface area contributed by atoms with Crippen LogP contribution in [0.25, 0.3) is 5.57 Å². The summed E-state index contributed by atoms with van der Waals surface area (Å²) in [5, 5.41) is 15.6. The lowest BCUT2D eigenvalue weighted by Crippen LogP contribution is -2.13. The van der Waals surface area contributed by atoms with Crippen molar-refractivity contribution in [1.82, 2.24) is 5.32 Å². The van der Waals surface area contributed by atoms with Crippen LogP contribution in [-0.4, -0.2) is 17.6 Å². The highest BCUT2D eigenvalue weighted by Gasteiger charge is 2.23. The molecule has 0 aliphatic carbocycles. The van der Waals surface area contributed by atoms with E-state index in [4.69, 9.17) is 0 Å². The third-order valence-electron chi connectivity index (χ3n) is 3.06. The van der Waals surface area contributed by atoms with Crippen molar-refractivity contribution in [3.05, 3.63) is 41.6 Å². The maximum atomic E-state index is 11.9. The van der Waals surface area contributed by atoms with Crippen LogP contribution in [0.1, 0.15) is 40.2 Å². The second-order valence-electron chi connectivity index (χ2n) is 5.28. The van der Waals surface area contributed by atoms with Gasteiger partial charge in [-0.1, -0.05) is 39.8 Å². The Balaban J connectivity index is 0.00000116. The number of fused-ring (bicyclic) bond motifs is 1. The number of phenols is 1. The zero-order valence-electron chi connectivity index (χ0n) is 14.0. The average Bonchev–Trinajstić information content (AvgIpc) is 2.76. The van der Waals surface area contributed by atoms with E-state index in [0.717, 1.165) is 16.9 Å². The van der Waals surface area contributed by atoms with Crippen LogP contribution in [0.5, 0.6) is 5.75 Å². The minimum absolute atomic E-state index is 0.127. The molecular formula is C18H26N2O2. The molecule has 0 bridgehead atoms. The van der Waals surface area contributed by atoms with Crippen LogP contribution in [0.15, 0.2) is 36.0 Å². The van der Waals surface area contributed by atoms with Gasteiger partial charge in [0.05, 0.1) is 0 Å². The minimum Gasteiger partial charge on any atom is -0.508 e. The number of carbonyl (C=O) groups excluding carboxylic acids is 1. The van der Waals surface area contributed by atoms with Crippen molar-refractivity contribution in [3.8, 4) is 5.75 Å². The lowest BCUT2D eigenvalue weighted by molar-refractivity contribution is -0.110. The molecule has 0 unspecified atom stereocenters. The Labute approximate surface area is 132 Å². The Morgan fingerprint density at radius 1 is 1.36 bits per heavy atom. The molecule has 1 aliphatic rings. The van der Waals surface area contributed by atoms with Gasteiger partial charge < -0.3 is 15.7 Å². The molecule has 1 aliphatic heterocycles. The van der Waals surface area contributed by atoms with Crippen molar-refractivity contribution in [3.63, 3.8) is 0 Å². The van der Waals surface area contributed by atoms with Crippen molar-refractivity contribution in [1.29, 1.82) is 0 Å². The van der Waals surface area contributed by atoms with Gasteiger partial charge in [-0.3, -0.25) is 4.79 Å². The van der Waals surface area contributed by atoms with Crippen molar-refractivity contribution in [2.75, 3.05) is 11.9 Å². The molecule has 1 aromatic carbocycles. The summed E-state index contributed by atoms with van der Waals surface area (Å²) in [5.41, 5.74) is 3.18. The monoisotopic (exact) mass is 302 g/mol. The van der Waals surface area contributed by atoms with Crippen LogP contribution in [0.4, 0.5) is 5.69 Å². The highest BCUT2D eigenvalue weighted by molar-refractivity contribution is 6.31. The van der Waals surface area contributed by atoms with Crippen molar-refractivity contribution >= 4 is 17.2 Å². The second kappa shape index (κ2) is 8.27. The van der Waals surface area contributed by atoms with Gasteiger partial charge in [0.2, 0.25) is 0 Å². The number of anilines is 1. The van der Waals surface area contributed by atoms with Gasteiger partial charge in [-0.2, -0.15) is 0 Å². The first-order valence-corrected chi connectivity index (χ1v) is 7.74. The molecule has 3 N–H and O–H groups in total. The summed E-state index contributed by atoms with van der Waals surface area (Å²) in [5.74, 6) is 0.524. The zero-order chi connectivity index (χ0) is 16.7. The van der Waals surface area contributed by atoms with E-state index in [1.54, 1.807) is 18.2 Å². The molecule has 22 heavy (non-hydrogen) atoms. The predicted molar refractivity (Wildman–Crippen MR) is 92.7 cm³/mol. The Kier molecular flexibility index (Phi) is 6.70. The third-order valence-corrected chi connectivity index (χ3v) is 3.06. The lowest BCUT2D eigenvalue weighted by Gasteiger charge is -2.06. The molecule has 0 spiro atoms. The van der Waals surface area contributed by atoms with E-state index >= 15 is 0 Å². The molecule has 0 saturated heterocycles. The Bertz CT molecular complexity index is 587. The van der Waals surface area contributed by atoms with E-state index in [1.807, 2.05) is 26.8 Å². The lowest BCUT2D eigenvalue weighted by atomic mass is 10.1. The van der Waals surface area contributed by atoms with E-state index in [1.165, 1.54) is 0 Å². The van der Waals surface area contributed by atoms with E-state index in [-0.39, 0.29) is 11.7 Å². The molecule has 0 atom stereocenters. The fourth-order valence-electron chi connectivity index (χ4n) is 2.25. The number of phenolic OH excluding ortho intramolecular Hbond substituents is 1. The summed E-state index contributed by atoms with van der Waals surface area (Å²) in [6.45, 7) is 10.8. The zero-order valence-corrected chi connectivity index (χ0v) is 14.0. The molecule has 4 heteroatoms. The Hall–Kier alpha value is -2.23. The summed E-state index contributed by atoms with van der Waals surface area (Å²) >= 11 is 0. The van der Waals surface area contributed by atoms with Crippen LogP contribution in [0, 0.1) is 5.92 Å². The van der Waals surface area contributed by atoms with Crippen molar-refractivity contribution in [2.24, 2.45) is 5.92 Å². The van der Waals surface area contributed by atoms with Crippen molar-refractivity contribution in [2.45, 2.75) is 34.6 Å². The fourth-order valence-corrected chi connectivity index (χ4v) is 2.25. The number of amides is 1. The molecular weight excluding hydrogens is 276 g/mol. The van der Waals surface area contributed by atoms with Crippen LogP contribution >= 0.6 is 0 Å². The molecule has 0 fully saturated rings. The highest BCUT2D eigenvalue weighted by Crippen LogP contribution is 2.33. The van der Waals surface area contributed by atoms with Crippen LogP contribution in [0.3, 0.4) is 0 Å². The quantitative estimate of drug-likeness (QED) is 0.584. The topological polar surface area (TPSA) is 61.4 Å². The molecule has 1 aromatic rings. The third kappa shape index (κ3) is 4.65. The number of hydrogen-bond acceptors (Lipinski definition) is 3. The van der Waals surface area contributed by atoms with Crippen LogP contribution < -0.4 is 10.6 Å². The second-order valence-corrected chi connectivity index (χ2v) is 5.28. The van der Waals surface area contributed by atoms with Crippen LogP contribution in [-0.2, 0) is 4.79 Å². The number of nitrogens with one attached hydrogen (secondary N) is 2. The first-order chi connectivity index (χ1) is 10.5. The summed E-state index contributed by atoms with van der Waals surface area (Å²) in [4.78, 5) is 11.9. The van der Waals surface area contributed by atoms with Gasteiger partial charge in [-0.05, 0) is 31.0 Å². The van der Waals surface area contributed by atoms with Gasteiger partial charge in [-0.15, -0.1) is 0 Å². The normalized spacial score (nSPS) is 15.3. The number of carbonyl (C=O) groups is 1. The van der Waals surface area contributed by atoms with Gasteiger partial charge in [0, 0.05) is 29.1 Å². The summed E-state index contributed by atoms with van der Waals surface area (Å²) in [6, 6.07) is 4.88. The SMILES string of the molecule is C/C(=C/C(C)C)NC/C=C1\C(=O)Nc2ccc(O)cc21.CC. The molecule has 4 nitrogen and oxygen atoms in total. The van der Waals surface area contributed by atoms with Gasteiger partial charge in [0.25, 0.3) is 5.91 Å². The Morgan fingerprint density at radius 3 is 2.68 bits per heavy atom. The fraction of sp³-hybridized carbons (Fsp3) is 0.389. The number of benzene rings is 1. The molecule has 2 rings (SSSR count). The number of allylic oxidation sites excluding steroid dienone is 2. The molecule has 1 amide bonds. The molecule has 1 heterocycles. The van der Waals surface area contributed by atoms with Crippen LogP contribution in [0.2, 0.25) is 0 Å². The van der Waals surface area contributed by atoms with Crippen molar-refractivity contribution < 1.29 is 9.90 Å². The summed E-state index contributed by atoms with van der Waals surface area (Å²) < 4.78 is 0. The molecule has 0 radical (unpaired) electrons. The smallest absolute Gasteiger partial charge is 0.256 e. The molecule has 0 saturated carbocycles. The molecule has 0 aromatic heterocycles. The Morgan fingerprint density at radius 2 is 2.05 bits per heavy atom. The van der Waals surface area contributed by atoms with E-state index < -0.39 is 0 Å². The number of rotatable bonds is 4. The van der Waals surface area contributed by atoms with E-state index in [0.29, 0.717) is 18.0 Å². The molecule has 120 valence electrons. The van der Waals surface area contributed by atoms with Gasteiger partial charge >= 0.3 is 0 Å². The number of aromatic hydroxyl groups is 1. The summed E-state index contributed by atoms with van der Waals surface area (Å²) in [6.07, 6.45) is 3.98. The first-order valence-electron chi connectivity index (χ1n) is 7.74. The van der Waals surface area contributed by atoms with Gasteiger partial charge in [0.15, 0.2) is 0 Å². The number of hydrogen-bond donors (Lipinski definition) is 3. The standard InChI is InChI=1S/C16H20N2O2.C2H6/c1-10(2)8-11(3)17-7-6-13-14-9-12(19)4-5-15(14)18-16(13)20;1-2/h4-6,8-10,17,19H,7H2,1-3H3,(H,18,20);1-2H3/b11-8-,13-6-;. The first kappa shape index (κ1) is 17.8.